The summed E-state index contributed by atoms with van der Waals surface area (Å²) in [6.07, 6.45) is 6.35. The Labute approximate surface area is 130 Å². The molecule has 3 rings (SSSR count). The van der Waals surface area contributed by atoms with E-state index in [2.05, 4.69) is 4.57 Å². The number of aromatic nitrogens is 1. The number of benzene rings is 1. The van der Waals surface area contributed by atoms with Gasteiger partial charge in [-0.25, -0.2) is 8.42 Å². The van der Waals surface area contributed by atoms with E-state index < -0.39 is 9.05 Å². The summed E-state index contributed by atoms with van der Waals surface area (Å²) in [6, 6.07) is 7.63. The molecule has 0 atom stereocenters. The Morgan fingerprint density at radius 2 is 1.86 bits per heavy atom. The van der Waals surface area contributed by atoms with Gasteiger partial charge in [0, 0.05) is 33.8 Å². The lowest BCUT2D eigenvalue weighted by Gasteiger charge is -2.23. The van der Waals surface area contributed by atoms with E-state index in [4.69, 9.17) is 10.7 Å². The molecule has 1 saturated carbocycles. The van der Waals surface area contributed by atoms with Crippen molar-refractivity contribution in [2.24, 2.45) is 5.92 Å². The van der Waals surface area contributed by atoms with Gasteiger partial charge in [-0.1, -0.05) is 37.5 Å². The molecule has 0 bridgehead atoms. The lowest BCUT2D eigenvalue weighted by atomic mass is 9.89. The molecule has 0 saturated heterocycles. The Balaban J connectivity index is 2.11. The van der Waals surface area contributed by atoms with E-state index in [0.29, 0.717) is 5.92 Å². The summed E-state index contributed by atoms with van der Waals surface area (Å²) in [5.41, 5.74) is 1.73. The molecule has 1 aromatic heterocycles. The Kier molecular flexibility index (Phi) is 4.02. The maximum absolute atomic E-state index is 11.9. The molecule has 1 aliphatic rings. The topological polar surface area (TPSA) is 39.1 Å². The molecule has 114 valence electrons. The van der Waals surface area contributed by atoms with Crippen LogP contribution in [-0.2, 0) is 15.6 Å². The van der Waals surface area contributed by atoms with Gasteiger partial charge < -0.3 is 4.57 Å². The van der Waals surface area contributed by atoms with Crippen LogP contribution in [0.25, 0.3) is 10.9 Å². The SMILES string of the molecule is Cc1c(S(=O)(=O)Cl)c2ccccc2n1CC1CCCCC1. The summed E-state index contributed by atoms with van der Waals surface area (Å²) in [6.45, 7) is 2.75. The molecule has 21 heavy (non-hydrogen) atoms. The first-order chi connectivity index (χ1) is 9.98. The van der Waals surface area contributed by atoms with Gasteiger partial charge in [-0.05, 0) is 31.7 Å². The number of rotatable bonds is 3. The smallest absolute Gasteiger partial charge is 0.263 e. The van der Waals surface area contributed by atoms with Crippen molar-refractivity contribution >= 4 is 30.6 Å². The highest BCUT2D eigenvalue weighted by atomic mass is 35.7. The second kappa shape index (κ2) is 5.65. The van der Waals surface area contributed by atoms with Crippen LogP contribution in [0, 0.1) is 12.8 Å². The van der Waals surface area contributed by atoms with Gasteiger partial charge in [0.05, 0.1) is 0 Å². The van der Waals surface area contributed by atoms with E-state index in [9.17, 15) is 8.42 Å². The molecule has 0 radical (unpaired) electrons. The molecule has 1 aromatic carbocycles. The monoisotopic (exact) mass is 325 g/mol. The molecular weight excluding hydrogens is 306 g/mol. The highest BCUT2D eigenvalue weighted by Gasteiger charge is 2.24. The Bertz CT molecular complexity index is 758. The lowest BCUT2D eigenvalue weighted by Crippen LogP contribution is -2.15. The first kappa shape index (κ1) is 14.9. The summed E-state index contributed by atoms with van der Waals surface area (Å²) in [5, 5.41) is 0.737. The van der Waals surface area contributed by atoms with Crippen LogP contribution in [0.3, 0.4) is 0 Å². The zero-order valence-corrected chi connectivity index (χ0v) is 13.8. The summed E-state index contributed by atoms with van der Waals surface area (Å²) >= 11 is 0. The largest absolute Gasteiger partial charge is 0.343 e. The number of para-hydroxylation sites is 1. The minimum atomic E-state index is -3.73. The van der Waals surface area contributed by atoms with Crippen LogP contribution in [0.15, 0.2) is 29.2 Å². The van der Waals surface area contributed by atoms with Crippen LogP contribution in [0.1, 0.15) is 37.8 Å². The Morgan fingerprint density at radius 3 is 2.52 bits per heavy atom. The fraction of sp³-hybridized carbons (Fsp3) is 0.500. The van der Waals surface area contributed by atoms with E-state index >= 15 is 0 Å². The van der Waals surface area contributed by atoms with Gasteiger partial charge in [-0.3, -0.25) is 0 Å². The lowest BCUT2D eigenvalue weighted by molar-refractivity contribution is 0.320. The Morgan fingerprint density at radius 1 is 1.19 bits per heavy atom. The zero-order chi connectivity index (χ0) is 15.0. The summed E-state index contributed by atoms with van der Waals surface area (Å²) in [4.78, 5) is 0.274. The van der Waals surface area contributed by atoms with Crippen molar-refractivity contribution < 1.29 is 8.42 Å². The fourth-order valence-electron chi connectivity index (χ4n) is 3.57. The minimum Gasteiger partial charge on any atom is -0.343 e. The van der Waals surface area contributed by atoms with Crippen LogP contribution in [-0.4, -0.2) is 13.0 Å². The van der Waals surface area contributed by atoms with Crippen molar-refractivity contribution in [3.05, 3.63) is 30.0 Å². The fourth-order valence-corrected chi connectivity index (χ4v) is 5.05. The zero-order valence-electron chi connectivity index (χ0n) is 12.2. The average molecular weight is 326 g/mol. The van der Waals surface area contributed by atoms with Crippen molar-refractivity contribution in [1.82, 2.24) is 4.57 Å². The first-order valence-electron chi connectivity index (χ1n) is 7.51. The molecule has 5 heteroatoms. The van der Waals surface area contributed by atoms with E-state index in [0.717, 1.165) is 23.1 Å². The van der Waals surface area contributed by atoms with Gasteiger partial charge in [0.2, 0.25) is 0 Å². The van der Waals surface area contributed by atoms with Crippen molar-refractivity contribution in [3.8, 4) is 0 Å². The van der Waals surface area contributed by atoms with Gasteiger partial charge >= 0.3 is 0 Å². The van der Waals surface area contributed by atoms with Crippen LogP contribution >= 0.6 is 10.7 Å². The maximum atomic E-state index is 11.9. The molecule has 0 aliphatic heterocycles. The summed E-state index contributed by atoms with van der Waals surface area (Å²) in [7, 11) is 1.93. The normalized spacial score (nSPS) is 17.4. The number of hydrogen-bond donors (Lipinski definition) is 0. The quantitative estimate of drug-likeness (QED) is 0.782. The Hall–Kier alpha value is -1.00. The molecule has 1 aliphatic carbocycles. The first-order valence-corrected chi connectivity index (χ1v) is 9.82. The molecule has 0 unspecified atom stereocenters. The standard InChI is InChI=1S/C16H20ClNO2S/c1-12-16(21(17,19)20)14-9-5-6-10-15(14)18(12)11-13-7-3-2-4-8-13/h5-6,9-10,13H,2-4,7-8,11H2,1H3. The molecule has 3 nitrogen and oxygen atoms in total. The highest BCUT2D eigenvalue weighted by molar-refractivity contribution is 8.14. The highest BCUT2D eigenvalue weighted by Crippen LogP contribution is 2.34. The van der Waals surface area contributed by atoms with Crippen LogP contribution in [0.2, 0.25) is 0 Å². The molecule has 0 spiro atoms. The van der Waals surface area contributed by atoms with Crippen molar-refractivity contribution in [1.29, 1.82) is 0 Å². The molecule has 0 N–H and O–H groups in total. The number of hydrogen-bond acceptors (Lipinski definition) is 2. The van der Waals surface area contributed by atoms with Crippen molar-refractivity contribution in [3.63, 3.8) is 0 Å². The third-order valence-electron chi connectivity index (χ3n) is 4.58. The minimum absolute atomic E-state index is 0.274. The third kappa shape index (κ3) is 2.84. The van der Waals surface area contributed by atoms with Crippen molar-refractivity contribution in [2.75, 3.05) is 0 Å². The summed E-state index contributed by atoms with van der Waals surface area (Å²) in [5.74, 6) is 0.638. The molecular formula is C16H20ClNO2S. The number of halogens is 1. The number of fused-ring (bicyclic) bond motifs is 1. The van der Waals surface area contributed by atoms with Crippen LogP contribution in [0.5, 0.6) is 0 Å². The van der Waals surface area contributed by atoms with Gasteiger partial charge in [-0.2, -0.15) is 0 Å². The molecule has 1 heterocycles. The van der Waals surface area contributed by atoms with E-state index in [-0.39, 0.29) is 4.90 Å². The van der Waals surface area contributed by atoms with Gasteiger partial charge in [0.15, 0.2) is 0 Å². The third-order valence-corrected chi connectivity index (χ3v) is 6.05. The van der Waals surface area contributed by atoms with Crippen molar-refractivity contribution in [2.45, 2.75) is 50.5 Å². The van der Waals surface area contributed by atoms with E-state index in [1.54, 1.807) is 0 Å². The second-order valence-electron chi connectivity index (χ2n) is 5.98. The molecule has 2 aromatic rings. The van der Waals surface area contributed by atoms with Gasteiger partial charge in [0.1, 0.15) is 4.90 Å². The maximum Gasteiger partial charge on any atom is 0.263 e. The van der Waals surface area contributed by atoms with Crippen LogP contribution in [0.4, 0.5) is 0 Å². The van der Waals surface area contributed by atoms with Crippen LogP contribution < -0.4 is 0 Å². The predicted octanol–water partition coefficient (Wildman–Crippen LogP) is 4.46. The predicted molar refractivity (Wildman–Crippen MR) is 86.3 cm³/mol. The summed E-state index contributed by atoms with van der Waals surface area (Å²) < 4.78 is 26.0. The second-order valence-corrected chi connectivity index (χ2v) is 8.49. The van der Waals surface area contributed by atoms with E-state index in [1.165, 1.54) is 32.1 Å². The van der Waals surface area contributed by atoms with Gasteiger partial charge in [0.25, 0.3) is 9.05 Å². The van der Waals surface area contributed by atoms with Gasteiger partial charge in [-0.15, -0.1) is 0 Å². The number of nitrogens with zero attached hydrogens (tertiary/aromatic N) is 1. The molecule has 0 amide bonds. The average Bonchev–Trinajstić information content (AvgIpc) is 2.73. The van der Waals surface area contributed by atoms with E-state index in [1.807, 2.05) is 31.2 Å². The molecule has 1 fully saturated rings.